The lowest BCUT2D eigenvalue weighted by Crippen LogP contribution is -2.39. The van der Waals surface area contributed by atoms with Gasteiger partial charge < -0.3 is 0 Å². The van der Waals surface area contributed by atoms with Gasteiger partial charge in [0.15, 0.2) is 0 Å². The van der Waals surface area contributed by atoms with Crippen LogP contribution in [0.4, 0.5) is 0 Å². The number of hydrogen-bond donors (Lipinski definition) is 0. The fourth-order valence-electron chi connectivity index (χ4n) is 2.58. The highest BCUT2D eigenvalue weighted by Gasteiger charge is 2.43. The molecule has 2 unspecified atom stereocenters. The van der Waals surface area contributed by atoms with Gasteiger partial charge >= 0.3 is 0 Å². The topological polar surface area (TPSA) is 0 Å². The van der Waals surface area contributed by atoms with Crippen LogP contribution in [-0.4, -0.2) is 0 Å². The first-order chi connectivity index (χ1) is 4.31. The van der Waals surface area contributed by atoms with E-state index in [1.54, 1.807) is 0 Å². The molecule has 2 atom stereocenters. The molecule has 2 rings (SSSR count). The molecule has 0 nitrogen and oxygen atoms in total. The van der Waals surface area contributed by atoms with E-state index in [9.17, 15) is 0 Å². The molecule has 52 valence electrons. The predicted molar refractivity (Wildman–Crippen MR) is 39.3 cm³/mol. The molecule has 0 spiro atoms. The Hall–Kier alpha value is 0. The molecule has 9 heavy (non-hydrogen) atoms. The van der Waals surface area contributed by atoms with E-state index in [-0.39, 0.29) is 0 Å². The Bertz CT molecular complexity index is 117. The molecular weight excluding hydrogens is 108 g/mol. The number of rotatable bonds is 0. The van der Waals surface area contributed by atoms with Crippen molar-refractivity contribution in [3.63, 3.8) is 0 Å². The molecule has 2 aliphatic carbocycles. The molecule has 2 fully saturated rings. The maximum Gasteiger partial charge on any atom is -0.0297 e. The smallest absolute Gasteiger partial charge is 0.0297 e. The summed E-state index contributed by atoms with van der Waals surface area (Å²) in [5.41, 5.74) is 0.818. The zero-order valence-electron chi connectivity index (χ0n) is 6.32. The molecule has 0 amide bonds. The zero-order valence-corrected chi connectivity index (χ0v) is 6.32. The van der Waals surface area contributed by atoms with Gasteiger partial charge in [-0.15, -0.1) is 0 Å². The predicted octanol–water partition coefficient (Wildman–Crippen LogP) is 2.98. The summed E-state index contributed by atoms with van der Waals surface area (Å²) in [6, 6.07) is 0. The van der Waals surface area contributed by atoms with Gasteiger partial charge in [0.2, 0.25) is 0 Å². The van der Waals surface area contributed by atoms with Crippen LogP contribution in [0.15, 0.2) is 0 Å². The summed E-state index contributed by atoms with van der Waals surface area (Å²) < 4.78 is 0. The van der Waals surface area contributed by atoms with Crippen molar-refractivity contribution < 1.29 is 0 Å². The minimum Gasteiger partial charge on any atom is -0.0594 e. The molecule has 0 heterocycles. The van der Waals surface area contributed by atoms with E-state index in [2.05, 4.69) is 6.92 Å². The van der Waals surface area contributed by atoms with Crippen LogP contribution in [0.3, 0.4) is 0 Å². The van der Waals surface area contributed by atoms with Gasteiger partial charge in [-0.25, -0.2) is 0 Å². The lowest BCUT2D eigenvalue weighted by atomic mass is 9.55. The van der Waals surface area contributed by atoms with Gasteiger partial charge in [-0.05, 0) is 37.0 Å². The van der Waals surface area contributed by atoms with Crippen molar-refractivity contribution in [3.8, 4) is 0 Å². The summed E-state index contributed by atoms with van der Waals surface area (Å²) in [7, 11) is 0. The Labute approximate surface area is 57.6 Å². The Kier molecular flexibility index (Phi) is 1.12. The molecule has 2 saturated carbocycles. The van der Waals surface area contributed by atoms with Crippen LogP contribution >= 0.6 is 0 Å². The minimum atomic E-state index is 0.818. The molecule has 0 aliphatic heterocycles. The van der Waals surface area contributed by atoms with E-state index in [0.29, 0.717) is 0 Å². The zero-order chi connectivity index (χ0) is 6.32. The second-order valence-corrected chi connectivity index (χ2v) is 4.14. The average molecular weight is 124 g/mol. The second kappa shape index (κ2) is 1.74. The van der Waals surface area contributed by atoms with Crippen LogP contribution in [0.1, 0.15) is 45.4 Å². The van der Waals surface area contributed by atoms with Crippen LogP contribution in [0.5, 0.6) is 0 Å². The van der Waals surface area contributed by atoms with Crippen molar-refractivity contribution in [1.82, 2.24) is 0 Å². The molecule has 2 aliphatic rings. The fraction of sp³-hybridized carbons (Fsp3) is 1.00. The summed E-state index contributed by atoms with van der Waals surface area (Å²) in [6.07, 6.45) is 9.15. The van der Waals surface area contributed by atoms with Crippen LogP contribution in [0.25, 0.3) is 0 Å². The van der Waals surface area contributed by atoms with Crippen molar-refractivity contribution >= 4 is 0 Å². The number of fused-ring (bicyclic) bond motifs is 1. The van der Waals surface area contributed by atoms with E-state index in [1.165, 1.54) is 38.5 Å². The summed E-state index contributed by atoms with van der Waals surface area (Å²) in [4.78, 5) is 0. The quantitative estimate of drug-likeness (QED) is 0.465. The number of hydrogen-bond acceptors (Lipinski definition) is 0. The van der Waals surface area contributed by atoms with Crippen LogP contribution < -0.4 is 0 Å². The van der Waals surface area contributed by atoms with Crippen LogP contribution in [0.2, 0.25) is 0 Å². The van der Waals surface area contributed by atoms with Crippen LogP contribution in [0, 0.1) is 11.3 Å². The van der Waals surface area contributed by atoms with Crippen molar-refractivity contribution in [2.45, 2.75) is 45.4 Å². The molecule has 0 aromatic carbocycles. The third-order valence-corrected chi connectivity index (χ3v) is 3.60. The highest BCUT2D eigenvalue weighted by Crippen LogP contribution is 2.54. The van der Waals surface area contributed by atoms with Crippen molar-refractivity contribution in [2.75, 3.05) is 0 Å². The van der Waals surface area contributed by atoms with Crippen molar-refractivity contribution in [3.05, 3.63) is 0 Å². The van der Waals surface area contributed by atoms with Gasteiger partial charge in [0, 0.05) is 0 Å². The van der Waals surface area contributed by atoms with Gasteiger partial charge in [0.05, 0.1) is 0 Å². The van der Waals surface area contributed by atoms with Gasteiger partial charge in [0.1, 0.15) is 0 Å². The Morgan fingerprint density at radius 1 is 1.11 bits per heavy atom. The van der Waals surface area contributed by atoms with Gasteiger partial charge in [-0.3, -0.25) is 0 Å². The Balaban J connectivity index is 2.05. The van der Waals surface area contributed by atoms with Gasteiger partial charge in [0.25, 0.3) is 0 Å². The lowest BCUT2D eigenvalue weighted by Gasteiger charge is -2.50. The first kappa shape index (κ1) is 5.76. The fourth-order valence-corrected chi connectivity index (χ4v) is 2.58. The van der Waals surface area contributed by atoms with Gasteiger partial charge in [-0.1, -0.05) is 19.8 Å². The first-order valence-electron chi connectivity index (χ1n) is 4.31. The third kappa shape index (κ3) is 0.720. The molecular formula is C9H16. The Morgan fingerprint density at radius 2 is 2.00 bits per heavy atom. The summed E-state index contributed by atoms with van der Waals surface area (Å²) in [6.45, 7) is 2.49. The largest absolute Gasteiger partial charge is 0.0594 e. The molecule has 0 aromatic rings. The van der Waals surface area contributed by atoms with E-state index >= 15 is 0 Å². The summed E-state index contributed by atoms with van der Waals surface area (Å²) >= 11 is 0. The standard InChI is InChI=1S/C9H16/c1-9-6-3-2-4-8(9)5-7-9/h8H,2-7H2,1H3. The van der Waals surface area contributed by atoms with E-state index in [0.717, 1.165) is 11.3 Å². The molecule has 0 radical (unpaired) electrons. The highest BCUT2D eigenvalue weighted by atomic mass is 14.5. The normalized spacial score (nSPS) is 49.7. The van der Waals surface area contributed by atoms with E-state index < -0.39 is 0 Å². The molecule has 0 heteroatoms. The van der Waals surface area contributed by atoms with Crippen molar-refractivity contribution in [2.24, 2.45) is 11.3 Å². The van der Waals surface area contributed by atoms with E-state index in [1.807, 2.05) is 0 Å². The third-order valence-electron chi connectivity index (χ3n) is 3.60. The minimum absolute atomic E-state index is 0.818. The first-order valence-corrected chi connectivity index (χ1v) is 4.31. The summed E-state index contributed by atoms with van der Waals surface area (Å²) in [5, 5.41) is 0. The second-order valence-electron chi connectivity index (χ2n) is 4.14. The Morgan fingerprint density at radius 3 is 2.33 bits per heavy atom. The monoisotopic (exact) mass is 124 g/mol. The molecule has 0 bridgehead atoms. The maximum absolute atomic E-state index is 2.49. The van der Waals surface area contributed by atoms with Crippen molar-refractivity contribution in [1.29, 1.82) is 0 Å². The molecule has 0 N–H and O–H groups in total. The maximum atomic E-state index is 2.49. The summed E-state index contributed by atoms with van der Waals surface area (Å²) in [5.74, 6) is 1.13. The highest BCUT2D eigenvalue weighted by molar-refractivity contribution is 4.94. The lowest BCUT2D eigenvalue weighted by molar-refractivity contribution is 0.00542. The van der Waals surface area contributed by atoms with Gasteiger partial charge in [-0.2, -0.15) is 0 Å². The van der Waals surface area contributed by atoms with Crippen LogP contribution in [-0.2, 0) is 0 Å². The van der Waals surface area contributed by atoms with E-state index in [4.69, 9.17) is 0 Å². The average Bonchev–Trinajstić information content (AvgIpc) is 1.82. The molecule has 0 saturated heterocycles. The molecule has 0 aromatic heterocycles. The SMILES string of the molecule is CC12CCCCC1CC2.